The highest BCUT2D eigenvalue weighted by molar-refractivity contribution is 6.05. The molecular weight excluding hydrogens is 516 g/mol. The number of carbonyl (C=O) groups is 1. The first-order valence-electron chi connectivity index (χ1n) is 13.2. The van der Waals surface area contributed by atoms with Gasteiger partial charge in [0, 0.05) is 17.5 Å². The molecule has 0 bridgehead atoms. The van der Waals surface area contributed by atoms with Crippen LogP contribution in [-0.4, -0.2) is 32.8 Å². The van der Waals surface area contributed by atoms with Crippen molar-refractivity contribution in [3.05, 3.63) is 126 Å². The first kappa shape index (κ1) is 25.8. The van der Waals surface area contributed by atoms with Crippen LogP contribution in [0.3, 0.4) is 0 Å². The Bertz CT molecular complexity index is 1700. The first-order valence-corrected chi connectivity index (χ1v) is 13.2. The van der Waals surface area contributed by atoms with E-state index in [4.69, 9.17) is 19.6 Å². The number of carbonyl (C=O) groups excluding carboxylic acids is 1. The van der Waals surface area contributed by atoms with Crippen molar-refractivity contribution in [2.45, 2.75) is 19.6 Å². The molecule has 1 aliphatic heterocycles. The number of ether oxygens (including phenoxy) is 2. The lowest BCUT2D eigenvalue weighted by atomic mass is 9.94. The van der Waals surface area contributed by atoms with Crippen LogP contribution in [0.15, 0.2) is 115 Å². The Kier molecular flexibility index (Phi) is 7.15. The second kappa shape index (κ2) is 11.4. The van der Waals surface area contributed by atoms with Gasteiger partial charge in [0.2, 0.25) is 5.95 Å². The summed E-state index contributed by atoms with van der Waals surface area (Å²) in [6, 6.07) is 30.1. The maximum absolute atomic E-state index is 13.8. The number of fused-ring (bicyclic) bond motifs is 1. The van der Waals surface area contributed by atoms with E-state index >= 15 is 0 Å². The molecule has 5 aromatic rings. The van der Waals surface area contributed by atoms with E-state index in [1.54, 1.807) is 30.1 Å². The molecule has 0 saturated carbocycles. The molecule has 204 valence electrons. The van der Waals surface area contributed by atoms with Gasteiger partial charge >= 0.3 is 0 Å². The van der Waals surface area contributed by atoms with Crippen molar-refractivity contribution in [3.8, 4) is 22.9 Å². The number of aromatic nitrogens is 4. The van der Waals surface area contributed by atoms with Gasteiger partial charge in [-0.25, -0.2) is 9.67 Å². The Morgan fingerprint density at radius 2 is 1.71 bits per heavy atom. The van der Waals surface area contributed by atoms with E-state index in [0.29, 0.717) is 47.0 Å². The molecule has 2 aromatic heterocycles. The molecule has 9 heteroatoms. The second-order valence-corrected chi connectivity index (χ2v) is 9.49. The molecule has 0 radical (unpaired) electrons. The van der Waals surface area contributed by atoms with Crippen LogP contribution in [0.1, 0.15) is 24.1 Å². The maximum Gasteiger partial charge on any atom is 0.257 e. The zero-order valence-corrected chi connectivity index (χ0v) is 22.6. The summed E-state index contributed by atoms with van der Waals surface area (Å²) in [5.41, 5.74) is 3.84. The molecule has 0 aliphatic carbocycles. The predicted molar refractivity (Wildman–Crippen MR) is 157 cm³/mol. The average molecular weight is 545 g/mol. The molecule has 1 amide bonds. The molecule has 0 fully saturated rings. The van der Waals surface area contributed by atoms with Gasteiger partial charge in [-0.1, -0.05) is 72.8 Å². The van der Waals surface area contributed by atoms with Crippen molar-refractivity contribution >= 4 is 17.7 Å². The summed E-state index contributed by atoms with van der Waals surface area (Å²) in [6.07, 6.45) is 1.63. The van der Waals surface area contributed by atoms with E-state index in [1.807, 2.05) is 91.9 Å². The largest absolute Gasteiger partial charge is 0.493 e. The van der Waals surface area contributed by atoms with E-state index < -0.39 is 6.04 Å². The van der Waals surface area contributed by atoms with Crippen LogP contribution < -0.4 is 20.1 Å². The standard InChI is InChI=1S/C32H28N6O3/c1-21-28(31(39)35-27-15-9-10-18-33-27)29(38-32(34-21)36-30(37-38)23-13-7-4-8-14-23)24-16-17-25(26(19-24)40-2)41-20-22-11-5-3-6-12-22/h3-19,29H,20H2,1-2H3,(H,33,35,39)(H,34,36,37)/t29-/m1/s1. The quantitative estimate of drug-likeness (QED) is 0.252. The van der Waals surface area contributed by atoms with Gasteiger partial charge in [0.05, 0.1) is 12.7 Å². The summed E-state index contributed by atoms with van der Waals surface area (Å²) in [7, 11) is 1.60. The zero-order valence-electron chi connectivity index (χ0n) is 22.6. The predicted octanol–water partition coefficient (Wildman–Crippen LogP) is 5.86. The fraction of sp³-hybridized carbons (Fsp3) is 0.125. The number of allylic oxidation sites excluding steroid dienone is 1. The molecule has 1 aliphatic rings. The number of hydrogen-bond acceptors (Lipinski definition) is 7. The summed E-state index contributed by atoms with van der Waals surface area (Å²) in [6.45, 7) is 2.25. The normalized spacial score (nSPS) is 14.1. The molecule has 41 heavy (non-hydrogen) atoms. The minimum absolute atomic E-state index is 0.301. The molecule has 0 spiro atoms. The lowest BCUT2D eigenvalue weighted by molar-refractivity contribution is -0.113. The number of hydrogen-bond donors (Lipinski definition) is 2. The SMILES string of the molecule is COc1cc([C@@H]2C(C(=O)Nc3ccccn3)=C(C)Nc3nc(-c4ccccc4)nn32)ccc1OCc1ccccc1. The van der Waals surface area contributed by atoms with E-state index in [-0.39, 0.29) is 5.91 Å². The van der Waals surface area contributed by atoms with E-state index in [0.717, 1.165) is 16.7 Å². The minimum atomic E-state index is -0.600. The van der Waals surface area contributed by atoms with E-state index in [2.05, 4.69) is 15.6 Å². The third-order valence-corrected chi connectivity index (χ3v) is 6.78. The minimum Gasteiger partial charge on any atom is -0.493 e. The monoisotopic (exact) mass is 544 g/mol. The van der Waals surface area contributed by atoms with Crippen molar-refractivity contribution in [2.24, 2.45) is 0 Å². The highest BCUT2D eigenvalue weighted by Crippen LogP contribution is 2.40. The number of methoxy groups -OCH3 is 1. The summed E-state index contributed by atoms with van der Waals surface area (Å²) in [4.78, 5) is 22.8. The van der Waals surface area contributed by atoms with Crippen LogP contribution in [-0.2, 0) is 11.4 Å². The lowest BCUT2D eigenvalue weighted by Gasteiger charge is -2.29. The van der Waals surface area contributed by atoms with Crippen molar-refractivity contribution in [2.75, 3.05) is 17.7 Å². The van der Waals surface area contributed by atoms with E-state index in [1.165, 1.54) is 0 Å². The summed E-state index contributed by atoms with van der Waals surface area (Å²) in [5.74, 6) is 2.37. The van der Waals surface area contributed by atoms with Gasteiger partial charge in [0.25, 0.3) is 5.91 Å². The average Bonchev–Trinajstić information content (AvgIpc) is 3.44. The summed E-state index contributed by atoms with van der Waals surface area (Å²) >= 11 is 0. The Labute approximate surface area is 237 Å². The number of rotatable bonds is 8. The number of amides is 1. The highest BCUT2D eigenvalue weighted by Gasteiger charge is 2.35. The molecule has 3 aromatic carbocycles. The van der Waals surface area contributed by atoms with Gasteiger partial charge in [-0.05, 0) is 42.3 Å². The van der Waals surface area contributed by atoms with Gasteiger partial charge in [0.1, 0.15) is 18.5 Å². The molecule has 6 rings (SSSR count). The summed E-state index contributed by atoms with van der Waals surface area (Å²) in [5, 5.41) is 11.0. The molecule has 2 N–H and O–H groups in total. The van der Waals surface area contributed by atoms with Crippen molar-refractivity contribution < 1.29 is 14.3 Å². The van der Waals surface area contributed by atoms with Crippen LogP contribution in [0.2, 0.25) is 0 Å². The summed E-state index contributed by atoms with van der Waals surface area (Å²) < 4.78 is 13.6. The lowest BCUT2D eigenvalue weighted by Crippen LogP contribution is -2.31. The van der Waals surface area contributed by atoms with Crippen LogP contribution in [0, 0.1) is 0 Å². The molecule has 9 nitrogen and oxygen atoms in total. The number of benzene rings is 3. The van der Waals surface area contributed by atoms with Crippen LogP contribution in [0.5, 0.6) is 11.5 Å². The fourth-order valence-corrected chi connectivity index (χ4v) is 4.79. The van der Waals surface area contributed by atoms with Gasteiger partial charge in [0.15, 0.2) is 17.3 Å². The Balaban J connectivity index is 1.40. The van der Waals surface area contributed by atoms with Crippen molar-refractivity contribution in [3.63, 3.8) is 0 Å². The van der Waals surface area contributed by atoms with Crippen LogP contribution in [0.25, 0.3) is 11.4 Å². The molecule has 0 unspecified atom stereocenters. The Morgan fingerprint density at radius 3 is 2.44 bits per heavy atom. The smallest absolute Gasteiger partial charge is 0.257 e. The van der Waals surface area contributed by atoms with Gasteiger partial charge in [-0.2, -0.15) is 4.98 Å². The maximum atomic E-state index is 13.8. The van der Waals surface area contributed by atoms with Gasteiger partial charge < -0.3 is 20.1 Å². The van der Waals surface area contributed by atoms with Crippen molar-refractivity contribution in [1.29, 1.82) is 0 Å². The van der Waals surface area contributed by atoms with Gasteiger partial charge in [-0.3, -0.25) is 4.79 Å². The molecular formula is C32H28N6O3. The Hall–Kier alpha value is -5.44. The number of anilines is 2. The van der Waals surface area contributed by atoms with Crippen LogP contribution >= 0.6 is 0 Å². The Morgan fingerprint density at radius 1 is 0.951 bits per heavy atom. The zero-order chi connectivity index (χ0) is 28.2. The molecule has 3 heterocycles. The third kappa shape index (κ3) is 5.38. The number of nitrogens with zero attached hydrogens (tertiary/aromatic N) is 4. The highest BCUT2D eigenvalue weighted by atomic mass is 16.5. The molecule has 0 saturated heterocycles. The van der Waals surface area contributed by atoms with E-state index in [9.17, 15) is 4.79 Å². The van der Waals surface area contributed by atoms with Crippen molar-refractivity contribution in [1.82, 2.24) is 19.7 Å². The molecule has 1 atom stereocenters. The number of pyridine rings is 1. The number of nitrogens with one attached hydrogen (secondary N) is 2. The fourth-order valence-electron chi connectivity index (χ4n) is 4.79. The van der Waals surface area contributed by atoms with Gasteiger partial charge in [-0.15, -0.1) is 5.10 Å². The van der Waals surface area contributed by atoms with Crippen LogP contribution in [0.4, 0.5) is 11.8 Å². The second-order valence-electron chi connectivity index (χ2n) is 9.49. The first-order chi connectivity index (χ1) is 20.1. The third-order valence-electron chi connectivity index (χ3n) is 6.78. The topological polar surface area (TPSA) is 103 Å².